The highest BCUT2D eigenvalue weighted by Gasteiger charge is 2.24. The average molecular weight is 535 g/mol. The molecule has 0 unspecified atom stereocenters. The maximum atomic E-state index is 14.9. The highest BCUT2D eigenvalue weighted by molar-refractivity contribution is 6.83. The van der Waals surface area contributed by atoms with Gasteiger partial charge in [-0.1, -0.05) is 67.1 Å². The maximum absolute atomic E-state index is 14.9. The molecule has 3 aromatic rings. The fourth-order valence-electron chi connectivity index (χ4n) is 3.25. The minimum absolute atomic E-state index is 0.0351. The number of hydrogen-bond donors (Lipinski definition) is 2. The fraction of sp³-hybridized carbons (Fsp3) is 0.367. The van der Waals surface area contributed by atoms with Gasteiger partial charge in [0, 0.05) is 28.0 Å². The zero-order valence-corrected chi connectivity index (χ0v) is 24.5. The summed E-state index contributed by atoms with van der Waals surface area (Å²) in [5.74, 6) is 2.07. The summed E-state index contributed by atoms with van der Waals surface area (Å²) in [6.07, 6.45) is 0. The monoisotopic (exact) mass is 534 g/mol. The summed E-state index contributed by atoms with van der Waals surface area (Å²) in [5, 5.41) is 5.64. The first kappa shape index (κ1) is 28.9. The maximum Gasteiger partial charge on any atom is 0.229 e. The molecule has 0 radical (unpaired) electrons. The van der Waals surface area contributed by atoms with Crippen LogP contribution in [0, 0.1) is 28.1 Å². The predicted molar refractivity (Wildman–Crippen MR) is 154 cm³/mol. The molecule has 0 atom stereocenters. The Kier molecular flexibility index (Phi) is 7.76. The van der Waals surface area contributed by atoms with E-state index < -0.39 is 24.7 Å². The van der Waals surface area contributed by atoms with Crippen molar-refractivity contribution in [3.05, 3.63) is 58.0 Å². The highest BCUT2D eigenvalue weighted by Crippen LogP contribution is 2.31. The van der Waals surface area contributed by atoms with Crippen LogP contribution in [0.1, 0.15) is 47.1 Å². The Balaban J connectivity index is 2.15. The van der Waals surface area contributed by atoms with Gasteiger partial charge >= 0.3 is 0 Å². The van der Waals surface area contributed by atoms with Gasteiger partial charge in [0.1, 0.15) is 25.2 Å². The van der Waals surface area contributed by atoms with E-state index in [4.69, 9.17) is 4.42 Å². The lowest BCUT2D eigenvalue weighted by Gasteiger charge is -2.19. The van der Waals surface area contributed by atoms with E-state index in [2.05, 4.69) is 41.7 Å². The Hall–Kier alpha value is -3.70. The number of benzene rings is 2. The second-order valence-corrected chi connectivity index (χ2v) is 17.2. The van der Waals surface area contributed by atoms with Crippen molar-refractivity contribution in [2.24, 2.45) is 10.8 Å². The Morgan fingerprint density at radius 2 is 1.45 bits per heavy atom. The number of halogens is 1. The van der Waals surface area contributed by atoms with E-state index in [1.165, 1.54) is 18.2 Å². The lowest BCUT2D eigenvalue weighted by molar-refractivity contribution is -0.123. The van der Waals surface area contributed by atoms with Crippen molar-refractivity contribution in [1.29, 1.82) is 0 Å². The fourth-order valence-corrected chi connectivity index (χ4v) is 3.77. The number of fused-ring (bicyclic) bond motifs is 1. The van der Waals surface area contributed by atoms with E-state index in [1.807, 2.05) is 0 Å². The second-order valence-electron chi connectivity index (χ2n) is 12.5. The van der Waals surface area contributed by atoms with Crippen LogP contribution in [0.25, 0.3) is 22.3 Å². The van der Waals surface area contributed by atoms with E-state index in [0.717, 1.165) is 0 Å². The highest BCUT2D eigenvalue weighted by atomic mass is 28.3. The summed E-state index contributed by atoms with van der Waals surface area (Å²) in [7, 11) is -1.71. The molecule has 200 valence electrons. The lowest BCUT2D eigenvalue weighted by Crippen LogP contribution is -2.28. The topological polar surface area (TPSA) is 88.4 Å². The number of nitrogens with one attached hydrogen (secondary N) is 2. The molecule has 2 amide bonds. The average Bonchev–Trinajstić information content (AvgIpc) is 2.76. The number of amides is 2. The molecule has 3 rings (SSSR count). The Bertz CT molecular complexity index is 1540. The third-order valence-electron chi connectivity index (χ3n) is 5.52. The van der Waals surface area contributed by atoms with Crippen molar-refractivity contribution in [3.8, 4) is 22.8 Å². The molecule has 38 heavy (non-hydrogen) atoms. The van der Waals surface area contributed by atoms with E-state index >= 15 is 0 Å². The molecular formula is C30H35FN2O4Si. The van der Waals surface area contributed by atoms with Crippen molar-refractivity contribution in [2.75, 3.05) is 10.6 Å². The van der Waals surface area contributed by atoms with Crippen LogP contribution in [0.3, 0.4) is 0 Å². The van der Waals surface area contributed by atoms with Gasteiger partial charge in [0.15, 0.2) is 5.43 Å². The van der Waals surface area contributed by atoms with Crippen LogP contribution in [0.2, 0.25) is 19.6 Å². The standard InChI is InChI=1S/C30H35FN2O4Si/c1-29(2,3)27(35)32-21-11-10-19(16-20(21)31)24-17-23(34)26-22(33-28(36)30(4,5)6)14-18(15-25(26)37-24)12-13-38(7,8)9/h10-11,14-17H,1-9H3,(H,32,35)(H,33,36). The molecule has 1 heterocycles. The molecule has 2 N–H and O–H groups in total. The van der Waals surface area contributed by atoms with Gasteiger partial charge in [0.2, 0.25) is 11.8 Å². The number of carbonyl (C=O) groups is 2. The SMILES string of the molecule is CC(C)(C)C(=O)Nc1ccc(-c2cc(=O)c3c(NC(=O)C(C)(C)C)cc(C#C[Si](C)(C)C)cc3o2)cc1F. The van der Waals surface area contributed by atoms with Crippen LogP contribution < -0.4 is 16.1 Å². The first-order valence-electron chi connectivity index (χ1n) is 12.4. The summed E-state index contributed by atoms with van der Waals surface area (Å²) in [4.78, 5) is 38.3. The van der Waals surface area contributed by atoms with Crippen molar-refractivity contribution < 1.29 is 18.4 Å². The Labute approximate surface area is 224 Å². The molecule has 0 fully saturated rings. The van der Waals surface area contributed by atoms with Crippen LogP contribution in [0.5, 0.6) is 0 Å². The van der Waals surface area contributed by atoms with Gasteiger partial charge < -0.3 is 15.1 Å². The minimum atomic E-state index is -1.71. The zero-order valence-electron chi connectivity index (χ0n) is 23.5. The summed E-state index contributed by atoms with van der Waals surface area (Å²) in [6, 6.07) is 8.83. The lowest BCUT2D eigenvalue weighted by atomic mass is 9.95. The van der Waals surface area contributed by atoms with Gasteiger partial charge in [0.25, 0.3) is 0 Å². The summed E-state index contributed by atoms with van der Waals surface area (Å²) < 4.78 is 21.0. The molecule has 0 spiro atoms. The first-order valence-corrected chi connectivity index (χ1v) is 15.9. The summed E-state index contributed by atoms with van der Waals surface area (Å²) >= 11 is 0. The van der Waals surface area contributed by atoms with Gasteiger partial charge in [-0.05, 0) is 30.3 Å². The number of hydrogen-bond acceptors (Lipinski definition) is 4. The van der Waals surface area contributed by atoms with Crippen LogP contribution in [0.15, 0.2) is 45.6 Å². The molecule has 1 aromatic heterocycles. The van der Waals surface area contributed by atoms with E-state index in [-0.39, 0.29) is 39.7 Å². The Morgan fingerprint density at radius 1 is 0.868 bits per heavy atom. The van der Waals surface area contributed by atoms with E-state index in [0.29, 0.717) is 16.8 Å². The van der Waals surface area contributed by atoms with Crippen LogP contribution in [-0.2, 0) is 9.59 Å². The molecule has 8 heteroatoms. The van der Waals surface area contributed by atoms with E-state index in [9.17, 15) is 18.8 Å². The molecule has 0 aliphatic rings. The Morgan fingerprint density at radius 3 is 1.97 bits per heavy atom. The normalized spacial score (nSPS) is 12.1. The molecule has 2 aromatic carbocycles. The molecule has 0 saturated carbocycles. The molecule has 6 nitrogen and oxygen atoms in total. The molecule has 0 aliphatic heterocycles. The molecular weight excluding hydrogens is 499 g/mol. The number of rotatable bonds is 3. The predicted octanol–water partition coefficient (Wildman–Crippen LogP) is 6.80. The van der Waals surface area contributed by atoms with Crippen LogP contribution in [-0.4, -0.2) is 19.9 Å². The zero-order chi connectivity index (χ0) is 28.6. The van der Waals surface area contributed by atoms with Crippen LogP contribution in [0.4, 0.5) is 15.8 Å². The van der Waals surface area contributed by atoms with E-state index in [1.54, 1.807) is 59.7 Å². The van der Waals surface area contributed by atoms with Gasteiger partial charge in [-0.2, -0.15) is 0 Å². The molecule has 0 aliphatic carbocycles. The van der Waals surface area contributed by atoms with Crippen molar-refractivity contribution in [2.45, 2.75) is 61.2 Å². The van der Waals surface area contributed by atoms with Gasteiger partial charge in [0.05, 0.1) is 16.8 Å². The van der Waals surface area contributed by atoms with Crippen LogP contribution >= 0.6 is 0 Å². The quantitative estimate of drug-likeness (QED) is 0.286. The third-order valence-corrected chi connectivity index (χ3v) is 6.40. The van der Waals surface area contributed by atoms with Gasteiger partial charge in [-0.3, -0.25) is 14.4 Å². The minimum Gasteiger partial charge on any atom is -0.456 e. The van der Waals surface area contributed by atoms with Crippen molar-refractivity contribution in [3.63, 3.8) is 0 Å². The number of anilines is 2. The largest absolute Gasteiger partial charge is 0.456 e. The smallest absolute Gasteiger partial charge is 0.229 e. The third kappa shape index (κ3) is 6.99. The summed E-state index contributed by atoms with van der Waals surface area (Å²) in [5.41, 5.74) is 3.02. The van der Waals surface area contributed by atoms with Crippen molar-refractivity contribution in [1.82, 2.24) is 0 Å². The molecule has 0 saturated heterocycles. The van der Waals surface area contributed by atoms with Gasteiger partial charge in [-0.25, -0.2) is 4.39 Å². The molecule has 0 bridgehead atoms. The second kappa shape index (κ2) is 10.2. The summed E-state index contributed by atoms with van der Waals surface area (Å²) in [6.45, 7) is 16.9. The van der Waals surface area contributed by atoms with Crippen molar-refractivity contribution >= 4 is 42.2 Å². The first-order chi connectivity index (χ1) is 17.3. The number of carbonyl (C=O) groups excluding carboxylic acids is 2. The van der Waals surface area contributed by atoms with Gasteiger partial charge in [-0.15, -0.1) is 5.54 Å².